The maximum absolute atomic E-state index is 15.1. The molecule has 238 valence electrons. The van der Waals surface area contributed by atoms with Gasteiger partial charge in [0.1, 0.15) is 0 Å². The van der Waals surface area contributed by atoms with Crippen molar-refractivity contribution in [3.63, 3.8) is 0 Å². The van der Waals surface area contributed by atoms with E-state index >= 15 is 4.39 Å². The standard InChI is InChI=1S/C33H32F3I2N3O4/c34-28-15-14-23(20-29(28)45-16-8-2-5-13-30(42)41-44)32(21-22-9-3-1-4-10-22,40-31(43)39-27-11-6-7-12-27)24-17-25(33(35,36)38)19-26(37)18-24/h3,9-10,14-15,17-20,27H,2,5-8,11-13,16,21H2,(H2,39,40,43)/t32-/m1/s1. The Bertz CT molecular complexity index is 1480. The van der Waals surface area contributed by atoms with Crippen LogP contribution in [-0.4, -0.2) is 24.6 Å². The van der Waals surface area contributed by atoms with Crippen LogP contribution in [0.25, 0.3) is 0 Å². The maximum atomic E-state index is 15.1. The van der Waals surface area contributed by atoms with E-state index in [9.17, 15) is 23.3 Å². The molecule has 7 nitrogen and oxygen atoms in total. The summed E-state index contributed by atoms with van der Waals surface area (Å²) >= 11 is 3.06. The summed E-state index contributed by atoms with van der Waals surface area (Å²) in [6.07, 6.45) is 5.35. The molecule has 0 radical (unpaired) electrons. The molecule has 1 atom stereocenters. The molecule has 45 heavy (non-hydrogen) atoms. The predicted octanol–water partition coefficient (Wildman–Crippen LogP) is 8.48. The molecule has 4 rings (SSSR count). The van der Waals surface area contributed by atoms with Crippen LogP contribution in [0.5, 0.6) is 5.75 Å². The Kier molecular flexibility index (Phi) is 12.5. The number of rotatable bonds is 14. The highest BCUT2D eigenvalue weighted by molar-refractivity contribution is 14.1. The number of nitrogens with one attached hydrogen (secondary N) is 2. The van der Waals surface area contributed by atoms with E-state index in [1.54, 1.807) is 24.3 Å². The highest BCUT2D eigenvalue weighted by Gasteiger charge is 2.40. The first-order valence-corrected chi connectivity index (χ1v) is 16.8. The van der Waals surface area contributed by atoms with E-state index in [4.69, 9.17) is 4.74 Å². The van der Waals surface area contributed by atoms with Gasteiger partial charge in [0.15, 0.2) is 11.6 Å². The van der Waals surface area contributed by atoms with Gasteiger partial charge in [-0.05, 0) is 120 Å². The summed E-state index contributed by atoms with van der Waals surface area (Å²) in [6.45, 7) is 0.129. The molecule has 0 aromatic heterocycles. The third-order valence-electron chi connectivity index (χ3n) is 7.74. The number of benzene rings is 2. The molecule has 0 spiro atoms. The lowest BCUT2D eigenvalue weighted by Crippen LogP contribution is -2.53. The molecule has 1 aliphatic rings. The SMILES string of the molecule is O=NC(=O)CCCCCOc1cc([C@@](Cc2cc#ccc2)(NC(=O)NC2CCCC2)c2cc(I)cc(C(F)(F)I)c2)ccc1F. The van der Waals surface area contributed by atoms with E-state index in [1.807, 2.05) is 22.6 Å². The monoisotopic (exact) mass is 845 g/mol. The lowest BCUT2D eigenvalue weighted by atomic mass is 9.77. The zero-order valence-electron chi connectivity index (χ0n) is 24.3. The number of nitrogens with zero attached hydrogens (tertiary/aromatic N) is 1. The van der Waals surface area contributed by atoms with E-state index in [0.717, 1.165) is 53.8 Å². The molecule has 3 aromatic rings. The van der Waals surface area contributed by atoms with E-state index in [2.05, 4.69) is 27.9 Å². The number of urea groups is 1. The van der Waals surface area contributed by atoms with Gasteiger partial charge in [-0.25, -0.2) is 9.18 Å². The summed E-state index contributed by atoms with van der Waals surface area (Å²) in [4.78, 5) is 35.1. The minimum absolute atomic E-state index is 0.0165. The Morgan fingerprint density at radius 1 is 1.00 bits per heavy atom. The third kappa shape index (κ3) is 9.78. The van der Waals surface area contributed by atoms with Crippen molar-refractivity contribution in [2.45, 2.75) is 73.3 Å². The number of carbonyl (C=O) groups excluding carboxylic acids is 2. The van der Waals surface area contributed by atoms with E-state index in [0.29, 0.717) is 34.0 Å². The summed E-state index contributed by atoms with van der Waals surface area (Å²) in [7, 11) is 0. The summed E-state index contributed by atoms with van der Waals surface area (Å²) < 4.78 is 47.7. The van der Waals surface area contributed by atoms with Gasteiger partial charge in [0.05, 0.1) is 12.1 Å². The first-order valence-electron chi connectivity index (χ1n) is 14.6. The normalized spacial score (nSPS) is 14.7. The van der Waals surface area contributed by atoms with Crippen molar-refractivity contribution in [1.29, 1.82) is 0 Å². The summed E-state index contributed by atoms with van der Waals surface area (Å²) in [6, 6.07) is 19.2. The Morgan fingerprint density at radius 3 is 2.44 bits per heavy atom. The van der Waals surface area contributed by atoms with Crippen LogP contribution in [0.1, 0.15) is 73.6 Å². The van der Waals surface area contributed by atoms with Gasteiger partial charge in [0.2, 0.25) is 0 Å². The van der Waals surface area contributed by atoms with Crippen LogP contribution in [0.4, 0.5) is 18.0 Å². The van der Waals surface area contributed by atoms with Crippen LogP contribution >= 0.6 is 45.2 Å². The number of amides is 3. The number of unbranched alkanes of at least 4 members (excludes halogenated alkanes) is 2. The number of hydrogen-bond donors (Lipinski definition) is 2. The summed E-state index contributed by atoms with van der Waals surface area (Å²) in [5.41, 5.74) is -0.101. The number of hydrogen-bond acceptors (Lipinski definition) is 4. The van der Waals surface area contributed by atoms with Crippen LogP contribution in [0.3, 0.4) is 0 Å². The molecule has 0 saturated heterocycles. The lowest BCUT2D eigenvalue weighted by molar-refractivity contribution is -0.118. The van der Waals surface area contributed by atoms with Crippen LogP contribution in [0.2, 0.25) is 0 Å². The van der Waals surface area contributed by atoms with Gasteiger partial charge in [0.25, 0.3) is 5.91 Å². The molecule has 3 aromatic carbocycles. The molecule has 12 heteroatoms. The first kappa shape index (κ1) is 34.9. The molecule has 1 aliphatic carbocycles. The highest BCUT2D eigenvalue weighted by Crippen LogP contribution is 2.41. The molecule has 1 saturated carbocycles. The van der Waals surface area contributed by atoms with Crippen molar-refractivity contribution in [3.05, 3.63) is 103 Å². The van der Waals surface area contributed by atoms with Crippen LogP contribution in [0.15, 0.2) is 59.8 Å². The lowest BCUT2D eigenvalue weighted by Gasteiger charge is -2.37. The zero-order valence-corrected chi connectivity index (χ0v) is 28.6. The number of alkyl halides is 3. The number of nitroso groups, excluding NO2 is 1. The van der Waals surface area contributed by atoms with Gasteiger partial charge < -0.3 is 15.4 Å². The van der Waals surface area contributed by atoms with Gasteiger partial charge in [-0.2, -0.15) is 8.78 Å². The second kappa shape index (κ2) is 16.1. The Hall–Kier alpha value is -2.93. The van der Waals surface area contributed by atoms with Gasteiger partial charge in [-0.15, -0.1) is 4.91 Å². The van der Waals surface area contributed by atoms with Crippen molar-refractivity contribution in [2.75, 3.05) is 6.61 Å². The number of ether oxygens (including phenoxy) is 1. The fourth-order valence-corrected chi connectivity index (χ4v) is 6.48. The number of halogens is 5. The van der Waals surface area contributed by atoms with Gasteiger partial charge >= 0.3 is 9.96 Å². The predicted molar refractivity (Wildman–Crippen MR) is 181 cm³/mol. The van der Waals surface area contributed by atoms with E-state index in [1.165, 1.54) is 30.3 Å². The molecule has 0 heterocycles. The van der Waals surface area contributed by atoms with Crippen molar-refractivity contribution in [1.82, 2.24) is 10.6 Å². The van der Waals surface area contributed by atoms with Gasteiger partial charge in [0, 0.05) is 55.8 Å². The third-order valence-corrected chi connectivity index (χ3v) is 8.99. The quantitative estimate of drug-likeness (QED) is 0.0737. The van der Waals surface area contributed by atoms with Gasteiger partial charge in [-0.1, -0.05) is 31.0 Å². The molecule has 0 bridgehead atoms. The van der Waals surface area contributed by atoms with Crippen LogP contribution in [0, 0.1) is 26.4 Å². The van der Waals surface area contributed by atoms with Gasteiger partial charge in [-0.3, -0.25) is 4.79 Å². The Morgan fingerprint density at radius 2 is 1.76 bits per heavy atom. The molecule has 0 aliphatic heterocycles. The first-order chi connectivity index (χ1) is 21.5. The minimum Gasteiger partial charge on any atom is -0.491 e. The van der Waals surface area contributed by atoms with E-state index < -0.39 is 27.2 Å². The smallest absolute Gasteiger partial charge is 0.321 e. The largest absolute Gasteiger partial charge is 0.491 e. The van der Waals surface area contributed by atoms with Crippen molar-refractivity contribution in [2.24, 2.45) is 5.18 Å². The van der Waals surface area contributed by atoms with E-state index in [-0.39, 0.29) is 36.8 Å². The highest BCUT2D eigenvalue weighted by atomic mass is 127. The molecule has 3 amide bonds. The van der Waals surface area contributed by atoms with Crippen molar-refractivity contribution in [3.8, 4) is 5.75 Å². The molecule has 1 fully saturated rings. The Balaban J connectivity index is 1.77. The fourth-order valence-electron chi connectivity index (χ4n) is 5.50. The molecule has 2 N–H and O–H groups in total. The van der Waals surface area contributed by atoms with Crippen molar-refractivity contribution < 1.29 is 27.5 Å². The average Bonchev–Trinajstić information content (AvgIpc) is 3.51. The molecular weight excluding hydrogens is 813 g/mol. The Labute approximate surface area is 287 Å². The molecular formula is C33H32F3I2N3O4. The fraction of sp³-hybridized carbons (Fsp3) is 0.394. The van der Waals surface area contributed by atoms with Crippen molar-refractivity contribution >= 4 is 57.1 Å². The number of carbonyl (C=O) groups is 2. The second-order valence-corrected chi connectivity index (χ2v) is 13.6. The summed E-state index contributed by atoms with van der Waals surface area (Å²) in [5.74, 6) is -1.42. The maximum Gasteiger partial charge on any atom is 0.321 e. The average molecular weight is 845 g/mol. The zero-order chi connectivity index (χ0) is 32.5. The second-order valence-electron chi connectivity index (χ2n) is 11.0. The van der Waals surface area contributed by atoms with Crippen LogP contribution < -0.4 is 15.4 Å². The topological polar surface area (TPSA) is 96.9 Å². The molecule has 0 unspecified atom stereocenters. The summed E-state index contributed by atoms with van der Waals surface area (Å²) in [5, 5.41) is 8.54. The minimum atomic E-state index is -3.19. The van der Waals surface area contributed by atoms with Crippen LogP contribution in [-0.2, 0) is 20.7 Å².